The van der Waals surface area contributed by atoms with Crippen molar-refractivity contribution in [2.24, 2.45) is 0 Å². The predicted molar refractivity (Wildman–Crippen MR) is 106 cm³/mol. The minimum Gasteiger partial charge on any atom is -0.372 e. The van der Waals surface area contributed by atoms with Gasteiger partial charge in [0.05, 0.1) is 13.2 Å². The van der Waals surface area contributed by atoms with Crippen LogP contribution in [-0.2, 0) is 18.0 Å². The third kappa shape index (κ3) is 3.50. The van der Waals surface area contributed by atoms with E-state index in [-0.39, 0.29) is 0 Å². The summed E-state index contributed by atoms with van der Waals surface area (Å²) < 4.78 is 6.01. The summed E-state index contributed by atoms with van der Waals surface area (Å²) in [5.41, 5.74) is 2.18. The van der Waals surface area contributed by atoms with Gasteiger partial charge in [0.1, 0.15) is 0 Å². The average Bonchev–Trinajstić information content (AvgIpc) is 2.60. The molecular weight excluding hydrogens is 351 g/mol. The van der Waals surface area contributed by atoms with Gasteiger partial charge in [-0.25, -0.2) is 0 Å². The highest BCUT2D eigenvalue weighted by molar-refractivity contribution is 6.34. The molecule has 0 saturated heterocycles. The maximum atomic E-state index is 6.06. The van der Waals surface area contributed by atoms with E-state index in [0.29, 0.717) is 23.3 Å². The van der Waals surface area contributed by atoms with Crippen molar-refractivity contribution in [3.8, 4) is 0 Å². The fourth-order valence-electron chi connectivity index (χ4n) is 3.23. The minimum atomic E-state index is 0.470. The van der Waals surface area contributed by atoms with E-state index in [9.17, 15) is 0 Å². The third-order valence-corrected chi connectivity index (χ3v) is 4.76. The third-order valence-electron chi connectivity index (χ3n) is 4.32. The Morgan fingerprint density at radius 3 is 1.80 bits per heavy atom. The van der Waals surface area contributed by atoms with Crippen LogP contribution in [0.5, 0.6) is 0 Å². The summed E-state index contributed by atoms with van der Waals surface area (Å²) in [4.78, 5) is 0. The standard InChI is InChI=1S/C22H16Cl2O/c23-18-9-15(10-19(24)12-18)13-25-14-22-20-7-3-1-5-16(20)11-17-6-2-4-8-21(17)22/h1-12H,13-14H2. The predicted octanol–water partition coefficient (Wildman–Crippen LogP) is 7.02. The molecule has 0 unspecified atom stereocenters. The molecule has 0 saturated carbocycles. The number of halogens is 2. The highest BCUT2D eigenvalue weighted by Crippen LogP contribution is 2.29. The van der Waals surface area contributed by atoms with E-state index in [1.54, 1.807) is 6.07 Å². The lowest BCUT2D eigenvalue weighted by atomic mass is 9.97. The summed E-state index contributed by atoms with van der Waals surface area (Å²) in [6.07, 6.45) is 0. The lowest BCUT2D eigenvalue weighted by molar-refractivity contribution is 0.109. The van der Waals surface area contributed by atoms with E-state index in [0.717, 1.165) is 5.56 Å². The number of rotatable bonds is 4. The average molecular weight is 367 g/mol. The molecule has 0 spiro atoms. The molecule has 0 amide bonds. The lowest BCUT2D eigenvalue weighted by Gasteiger charge is -2.12. The van der Waals surface area contributed by atoms with Gasteiger partial charge >= 0.3 is 0 Å². The molecular formula is C22H16Cl2O. The van der Waals surface area contributed by atoms with Crippen LogP contribution in [-0.4, -0.2) is 0 Å². The SMILES string of the molecule is Clc1cc(Cl)cc(COCc2c3ccccc3cc3ccccc23)c1. The molecule has 0 atom stereocenters. The highest BCUT2D eigenvalue weighted by Gasteiger charge is 2.08. The molecule has 0 N–H and O–H groups in total. The Hall–Kier alpha value is -2.06. The largest absolute Gasteiger partial charge is 0.372 e. The van der Waals surface area contributed by atoms with Crippen molar-refractivity contribution in [1.82, 2.24) is 0 Å². The second kappa shape index (κ2) is 7.05. The van der Waals surface area contributed by atoms with E-state index in [4.69, 9.17) is 27.9 Å². The van der Waals surface area contributed by atoms with Crippen LogP contribution in [0.25, 0.3) is 21.5 Å². The summed E-state index contributed by atoms with van der Waals surface area (Å²) >= 11 is 12.1. The van der Waals surface area contributed by atoms with Crippen molar-refractivity contribution in [2.45, 2.75) is 13.2 Å². The highest BCUT2D eigenvalue weighted by atomic mass is 35.5. The molecule has 25 heavy (non-hydrogen) atoms. The summed E-state index contributed by atoms with van der Waals surface area (Å²) in [7, 11) is 0. The van der Waals surface area contributed by atoms with Crippen molar-refractivity contribution in [3.05, 3.63) is 94.0 Å². The molecule has 0 aromatic heterocycles. The summed E-state index contributed by atoms with van der Waals surface area (Å²) in [6.45, 7) is 1.00. The number of ether oxygens (including phenoxy) is 1. The van der Waals surface area contributed by atoms with Crippen molar-refractivity contribution < 1.29 is 4.74 Å². The van der Waals surface area contributed by atoms with Gasteiger partial charge in [-0.1, -0.05) is 71.7 Å². The van der Waals surface area contributed by atoms with Crippen LogP contribution in [0, 0.1) is 0 Å². The van der Waals surface area contributed by atoms with Crippen LogP contribution in [0.2, 0.25) is 10.0 Å². The van der Waals surface area contributed by atoms with Gasteiger partial charge in [0, 0.05) is 10.0 Å². The maximum Gasteiger partial charge on any atom is 0.0733 e. The van der Waals surface area contributed by atoms with Crippen molar-refractivity contribution in [1.29, 1.82) is 0 Å². The minimum absolute atomic E-state index is 0.470. The van der Waals surface area contributed by atoms with Gasteiger partial charge in [-0.05, 0) is 56.9 Å². The quantitative estimate of drug-likeness (QED) is 0.352. The van der Waals surface area contributed by atoms with Gasteiger partial charge in [0.25, 0.3) is 0 Å². The van der Waals surface area contributed by atoms with Gasteiger partial charge in [-0.3, -0.25) is 0 Å². The Labute approximate surface area is 156 Å². The zero-order chi connectivity index (χ0) is 17.2. The normalized spacial score (nSPS) is 11.3. The Morgan fingerprint density at radius 1 is 0.640 bits per heavy atom. The summed E-state index contributed by atoms with van der Waals surface area (Å²) in [6, 6.07) is 24.6. The molecule has 0 heterocycles. The monoisotopic (exact) mass is 366 g/mol. The van der Waals surface area contributed by atoms with Gasteiger partial charge in [-0.2, -0.15) is 0 Å². The second-order valence-electron chi connectivity index (χ2n) is 6.07. The van der Waals surface area contributed by atoms with Crippen LogP contribution in [0.1, 0.15) is 11.1 Å². The number of hydrogen-bond acceptors (Lipinski definition) is 1. The molecule has 0 radical (unpaired) electrons. The zero-order valence-corrected chi connectivity index (χ0v) is 15.0. The first kappa shape index (κ1) is 16.4. The van der Waals surface area contributed by atoms with E-state index in [2.05, 4.69) is 54.6 Å². The van der Waals surface area contributed by atoms with Crippen LogP contribution in [0.3, 0.4) is 0 Å². The van der Waals surface area contributed by atoms with Crippen LogP contribution < -0.4 is 0 Å². The van der Waals surface area contributed by atoms with Gasteiger partial charge in [-0.15, -0.1) is 0 Å². The Bertz CT molecular complexity index is 982. The lowest BCUT2D eigenvalue weighted by Crippen LogP contribution is -1.97. The Balaban J connectivity index is 1.67. The number of fused-ring (bicyclic) bond motifs is 2. The van der Waals surface area contributed by atoms with Crippen molar-refractivity contribution >= 4 is 44.7 Å². The Morgan fingerprint density at radius 2 is 1.20 bits per heavy atom. The molecule has 4 aromatic rings. The fourth-order valence-corrected chi connectivity index (χ4v) is 3.80. The molecule has 0 fully saturated rings. The number of benzene rings is 4. The molecule has 4 rings (SSSR count). The van der Waals surface area contributed by atoms with Gasteiger partial charge < -0.3 is 4.74 Å². The van der Waals surface area contributed by atoms with E-state index < -0.39 is 0 Å². The fraction of sp³-hybridized carbons (Fsp3) is 0.0909. The van der Waals surface area contributed by atoms with Crippen molar-refractivity contribution in [2.75, 3.05) is 0 Å². The van der Waals surface area contributed by atoms with Gasteiger partial charge in [0.15, 0.2) is 0 Å². The zero-order valence-electron chi connectivity index (χ0n) is 13.5. The van der Waals surface area contributed by atoms with Gasteiger partial charge in [0.2, 0.25) is 0 Å². The summed E-state index contributed by atoms with van der Waals surface area (Å²) in [5.74, 6) is 0. The summed E-state index contributed by atoms with van der Waals surface area (Å²) in [5, 5.41) is 6.16. The smallest absolute Gasteiger partial charge is 0.0733 e. The second-order valence-corrected chi connectivity index (χ2v) is 6.94. The van der Waals surface area contributed by atoms with Crippen molar-refractivity contribution in [3.63, 3.8) is 0 Å². The maximum absolute atomic E-state index is 6.06. The van der Waals surface area contributed by atoms with E-state index in [1.807, 2.05) is 12.1 Å². The number of hydrogen-bond donors (Lipinski definition) is 0. The first-order valence-corrected chi connectivity index (χ1v) is 8.88. The first-order valence-electron chi connectivity index (χ1n) is 8.13. The topological polar surface area (TPSA) is 9.23 Å². The van der Waals surface area contributed by atoms with E-state index >= 15 is 0 Å². The molecule has 0 aliphatic rings. The molecule has 3 heteroatoms. The van der Waals surface area contributed by atoms with E-state index in [1.165, 1.54) is 27.1 Å². The Kier molecular flexibility index (Phi) is 4.63. The molecule has 4 aromatic carbocycles. The molecule has 0 bridgehead atoms. The first-order chi connectivity index (χ1) is 12.2. The van der Waals surface area contributed by atoms with Crippen LogP contribution in [0.15, 0.2) is 72.8 Å². The van der Waals surface area contributed by atoms with Crippen LogP contribution in [0.4, 0.5) is 0 Å². The molecule has 0 aliphatic carbocycles. The van der Waals surface area contributed by atoms with Crippen LogP contribution >= 0.6 is 23.2 Å². The molecule has 124 valence electrons. The molecule has 0 aliphatic heterocycles. The molecule has 1 nitrogen and oxygen atoms in total.